The van der Waals surface area contributed by atoms with Crippen LogP contribution in [0.5, 0.6) is 0 Å². The van der Waals surface area contributed by atoms with Crippen molar-refractivity contribution in [1.29, 1.82) is 0 Å². The number of ether oxygens (including phenoxy) is 1. The lowest BCUT2D eigenvalue weighted by Crippen LogP contribution is -2.43. The van der Waals surface area contributed by atoms with Crippen LogP contribution in [0, 0.1) is 0 Å². The molecule has 21 heavy (non-hydrogen) atoms. The molecule has 1 fully saturated rings. The lowest BCUT2D eigenvalue weighted by atomic mass is 10.1. The van der Waals surface area contributed by atoms with Gasteiger partial charge in [0.2, 0.25) is 0 Å². The van der Waals surface area contributed by atoms with Gasteiger partial charge in [0.15, 0.2) is 0 Å². The number of carbonyl (C=O) groups is 1. The van der Waals surface area contributed by atoms with Crippen molar-refractivity contribution in [1.82, 2.24) is 4.90 Å². The first-order valence-electron chi connectivity index (χ1n) is 6.67. The lowest BCUT2D eigenvalue weighted by Gasteiger charge is -2.22. The van der Waals surface area contributed by atoms with Gasteiger partial charge in [-0.1, -0.05) is 30.3 Å². The molecule has 0 aliphatic carbocycles. The maximum absolute atomic E-state index is 11.9. The van der Waals surface area contributed by atoms with Crippen molar-refractivity contribution in [3.05, 3.63) is 35.9 Å². The van der Waals surface area contributed by atoms with E-state index in [9.17, 15) is 25.2 Å². The topological polar surface area (TPSA) is 110 Å². The lowest BCUT2D eigenvalue weighted by molar-refractivity contribution is -0.0894. The molecule has 2 rings (SSSR count). The number of hydrogen-bond acceptors (Lipinski definition) is 6. The van der Waals surface area contributed by atoms with Crippen LogP contribution < -0.4 is 0 Å². The molecule has 4 N–H and O–H groups in total. The Labute approximate surface area is 122 Å². The second-order valence-electron chi connectivity index (χ2n) is 5.06. The third-order valence-electron chi connectivity index (χ3n) is 3.42. The number of carbonyl (C=O) groups excluding carboxylic acids is 1. The van der Waals surface area contributed by atoms with Gasteiger partial charge < -0.3 is 30.1 Å². The predicted molar refractivity (Wildman–Crippen MR) is 72.2 cm³/mol. The van der Waals surface area contributed by atoms with E-state index in [-0.39, 0.29) is 19.7 Å². The van der Waals surface area contributed by atoms with Gasteiger partial charge >= 0.3 is 6.09 Å². The third kappa shape index (κ3) is 3.92. The quantitative estimate of drug-likeness (QED) is 0.562. The second kappa shape index (κ2) is 6.86. The van der Waals surface area contributed by atoms with Crippen LogP contribution in [0.15, 0.2) is 30.3 Å². The summed E-state index contributed by atoms with van der Waals surface area (Å²) in [6.07, 6.45) is -6.43. The molecule has 1 aromatic carbocycles. The summed E-state index contributed by atoms with van der Waals surface area (Å²) in [7, 11) is 0. The first-order valence-corrected chi connectivity index (χ1v) is 6.67. The smallest absolute Gasteiger partial charge is 0.410 e. The van der Waals surface area contributed by atoms with Gasteiger partial charge in [0, 0.05) is 0 Å². The van der Waals surface area contributed by atoms with Gasteiger partial charge in [-0.3, -0.25) is 0 Å². The highest BCUT2D eigenvalue weighted by atomic mass is 16.6. The van der Waals surface area contributed by atoms with E-state index in [1.807, 2.05) is 18.2 Å². The number of amides is 1. The Morgan fingerprint density at radius 2 is 1.57 bits per heavy atom. The Hall–Kier alpha value is -1.67. The zero-order chi connectivity index (χ0) is 15.4. The molecule has 0 spiro atoms. The number of benzene rings is 1. The van der Waals surface area contributed by atoms with Crippen LogP contribution in [0.3, 0.4) is 0 Å². The number of likely N-dealkylation sites (tertiary alicyclic amines) is 1. The largest absolute Gasteiger partial charge is 0.445 e. The second-order valence-corrected chi connectivity index (χ2v) is 5.06. The predicted octanol–water partition coefficient (Wildman–Crippen LogP) is -0.918. The van der Waals surface area contributed by atoms with Crippen molar-refractivity contribution in [2.24, 2.45) is 0 Å². The van der Waals surface area contributed by atoms with E-state index in [1.165, 1.54) is 0 Å². The Bertz CT molecular complexity index is 452. The Balaban J connectivity index is 1.95. The van der Waals surface area contributed by atoms with Crippen molar-refractivity contribution in [2.75, 3.05) is 13.1 Å². The highest BCUT2D eigenvalue weighted by Gasteiger charge is 2.38. The van der Waals surface area contributed by atoms with E-state index in [0.717, 1.165) is 10.5 Å². The number of β-amino-alcohol motifs (C(OH)–C–C–N with tert-alkyl or cyclic N) is 2. The summed E-state index contributed by atoms with van der Waals surface area (Å²) >= 11 is 0. The fraction of sp³-hybridized carbons (Fsp3) is 0.500. The molecule has 0 radical (unpaired) electrons. The molecular formula is C14H19NO6. The number of hydrogen-bond donors (Lipinski definition) is 4. The van der Waals surface area contributed by atoms with Crippen LogP contribution in [0.25, 0.3) is 0 Å². The molecule has 1 heterocycles. The van der Waals surface area contributed by atoms with E-state index in [1.54, 1.807) is 12.1 Å². The summed E-state index contributed by atoms with van der Waals surface area (Å²) in [6.45, 7) is -0.376. The van der Waals surface area contributed by atoms with Crippen LogP contribution in [0.1, 0.15) is 5.56 Å². The van der Waals surface area contributed by atoms with Gasteiger partial charge in [-0.2, -0.15) is 0 Å². The Kier molecular flexibility index (Phi) is 5.13. The molecule has 0 aromatic heterocycles. The summed E-state index contributed by atoms with van der Waals surface area (Å²) in [6, 6.07) is 9.07. The van der Waals surface area contributed by atoms with E-state index < -0.39 is 30.5 Å². The Morgan fingerprint density at radius 1 is 1.05 bits per heavy atom. The standard InChI is InChI=1S/C14H19NO6/c16-10-6-15(7-11(17)13(19)12(10)18)14(20)21-8-9-4-2-1-3-5-9/h1-5,10-13,16-19H,6-8H2/t10-,11+,12+,13-. The molecule has 116 valence electrons. The number of aliphatic hydroxyl groups excluding tert-OH is 4. The molecule has 0 saturated carbocycles. The van der Waals surface area contributed by atoms with Gasteiger partial charge in [-0.05, 0) is 5.56 Å². The highest BCUT2D eigenvalue weighted by molar-refractivity contribution is 5.67. The fourth-order valence-electron chi connectivity index (χ4n) is 2.16. The molecule has 1 aliphatic rings. The van der Waals surface area contributed by atoms with Gasteiger partial charge in [-0.15, -0.1) is 0 Å². The van der Waals surface area contributed by atoms with Gasteiger partial charge in [0.05, 0.1) is 13.1 Å². The average molecular weight is 297 g/mol. The van der Waals surface area contributed by atoms with E-state index in [2.05, 4.69) is 0 Å². The van der Waals surface area contributed by atoms with Crippen LogP contribution in [0.2, 0.25) is 0 Å². The van der Waals surface area contributed by atoms with Crippen molar-refractivity contribution in [3.63, 3.8) is 0 Å². The van der Waals surface area contributed by atoms with Crippen molar-refractivity contribution in [3.8, 4) is 0 Å². The van der Waals surface area contributed by atoms with E-state index in [4.69, 9.17) is 4.74 Å². The van der Waals surface area contributed by atoms with Gasteiger partial charge in [0.1, 0.15) is 31.0 Å². The third-order valence-corrected chi connectivity index (χ3v) is 3.42. The monoisotopic (exact) mass is 297 g/mol. The van der Waals surface area contributed by atoms with Crippen molar-refractivity contribution < 1.29 is 30.0 Å². The normalized spacial score (nSPS) is 29.8. The summed E-state index contributed by atoms with van der Waals surface area (Å²) in [5, 5.41) is 38.5. The summed E-state index contributed by atoms with van der Waals surface area (Å²) in [5.74, 6) is 0. The van der Waals surface area contributed by atoms with E-state index >= 15 is 0 Å². The minimum atomic E-state index is -1.51. The molecule has 1 saturated heterocycles. The summed E-state index contributed by atoms with van der Waals surface area (Å²) in [5.41, 5.74) is 0.807. The zero-order valence-electron chi connectivity index (χ0n) is 11.4. The first kappa shape index (κ1) is 15.7. The molecule has 1 aliphatic heterocycles. The molecular weight excluding hydrogens is 278 g/mol. The number of rotatable bonds is 2. The van der Waals surface area contributed by atoms with Crippen LogP contribution in [-0.2, 0) is 11.3 Å². The molecule has 7 nitrogen and oxygen atoms in total. The minimum absolute atomic E-state index is 0.0630. The SMILES string of the molecule is O=C(OCc1ccccc1)N1C[C@@H](O)[C@H](O)[C@H](O)[C@@H](O)C1. The fourth-order valence-corrected chi connectivity index (χ4v) is 2.16. The molecule has 1 amide bonds. The molecule has 7 heteroatoms. The first-order chi connectivity index (χ1) is 9.99. The number of aliphatic hydroxyl groups is 4. The van der Waals surface area contributed by atoms with Crippen molar-refractivity contribution in [2.45, 2.75) is 31.0 Å². The average Bonchev–Trinajstić information content (AvgIpc) is 2.59. The highest BCUT2D eigenvalue weighted by Crippen LogP contribution is 2.15. The molecule has 0 unspecified atom stereocenters. The van der Waals surface area contributed by atoms with Gasteiger partial charge in [-0.25, -0.2) is 4.79 Å². The maximum atomic E-state index is 11.9. The zero-order valence-corrected chi connectivity index (χ0v) is 11.4. The van der Waals surface area contributed by atoms with Crippen LogP contribution in [-0.4, -0.2) is 68.9 Å². The molecule has 4 atom stereocenters. The summed E-state index contributed by atoms with van der Waals surface area (Å²) < 4.78 is 5.09. The van der Waals surface area contributed by atoms with Gasteiger partial charge in [0.25, 0.3) is 0 Å². The molecule has 0 bridgehead atoms. The molecule has 1 aromatic rings. The van der Waals surface area contributed by atoms with Crippen molar-refractivity contribution >= 4 is 6.09 Å². The number of nitrogens with zero attached hydrogens (tertiary/aromatic N) is 1. The van der Waals surface area contributed by atoms with Crippen LogP contribution >= 0.6 is 0 Å². The van der Waals surface area contributed by atoms with E-state index in [0.29, 0.717) is 0 Å². The minimum Gasteiger partial charge on any atom is -0.445 e. The Morgan fingerprint density at radius 3 is 2.10 bits per heavy atom. The van der Waals surface area contributed by atoms with Crippen LogP contribution in [0.4, 0.5) is 4.79 Å². The summed E-state index contributed by atoms with van der Waals surface area (Å²) in [4.78, 5) is 13.0. The maximum Gasteiger partial charge on any atom is 0.410 e.